The summed E-state index contributed by atoms with van der Waals surface area (Å²) in [5.41, 5.74) is -2.39. The predicted octanol–water partition coefficient (Wildman–Crippen LogP) is -0.977. The number of carbonyl (C=O) groups is 7. The van der Waals surface area contributed by atoms with Crippen molar-refractivity contribution in [1.82, 2.24) is 50.0 Å². The highest BCUT2D eigenvalue weighted by Crippen LogP contribution is 2.11. The minimum Gasteiger partial charge on any atom is -0.425 e. The van der Waals surface area contributed by atoms with Crippen molar-refractivity contribution >= 4 is 41.2 Å². The molecule has 10 N–H and O–H groups in total. The molecule has 0 aromatic carbocycles. The molecule has 0 saturated carbocycles. The Morgan fingerprint density at radius 2 is 1.06 bits per heavy atom. The topological polar surface area (TPSA) is 369 Å². The number of fused-ring (bicyclic) bond motifs is 2. The molecule has 1 atom stereocenters. The van der Waals surface area contributed by atoms with Gasteiger partial charge in [-0.2, -0.15) is 4.73 Å². The Balaban J connectivity index is 1.47. The first-order chi connectivity index (χ1) is 34.3. The molecule has 4 bridgehead atoms. The molecule has 386 valence electrons. The number of nitrogens with two attached hydrogens (primary N) is 1. The smallest absolute Gasteiger partial charge is 0.296 e. The lowest BCUT2D eigenvalue weighted by Crippen LogP contribution is -2.46. The number of carbonyl (C=O) groups excluding carboxylic acids is 7. The van der Waals surface area contributed by atoms with Gasteiger partial charge in [-0.05, 0) is 100 Å². The standard InChI is InChI=1S/C46H57N11O15/c1-3-29-11-12-32(45(67)54(29)69)41(63)52-22-6-7-23-53(42(64)33-15-16-34(27(2)58)55(70)46(33)68)25-9-21-48-37(59)30-13-17-35(56(71)43(30)65)39(61)50-26-28(10-4-5-19-47)51-40(62)36-18-14-31(44(66)57(36)72)38(60)49-20-8-24-52/h11-18,28,69-72H,3-10,19-26,47H2,1-2H3,(H,48,59)(H,49,60)(H,50,61)(H,51,62). The number of amides is 6. The molecule has 4 aromatic rings. The largest absolute Gasteiger partial charge is 0.425 e. The van der Waals surface area contributed by atoms with E-state index < -0.39 is 97.6 Å². The first-order valence-corrected chi connectivity index (χ1v) is 23.1. The molecule has 0 spiro atoms. The quantitative estimate of drug-likeness (QED) is 0.0582. The van der Waals surface area contributed by atoms with E-state index in [0.29, 0.717) is 24.1 Å². The molecular weight excluding hydrogens is 947 g/mol. The highest BCUT2D eigenvalue weighted by Gasteiger charge is 2.27. The summed E-state index contributed by atoms with van der Waals surface area (Å²) < 4.78 is 0.339. The molecule has 0 fully saturated rings. The van der Waals surface area contributed by atoms with E-state index in [1.165, 1.54) is 21.9 Å². The van der Waals surface area contributed by atoms with E-state index >= 15 is 0 Å². The van der Waals surface area contributed by atoms with Gasteiger partial charge < -0.3 is 57.6 Å². The fraction of sp³-hybridized carbons (Fsp3) is 0.413. The van der Waals surface area contributed by atoms with E-state index in [0.717, 1.165) is 43.3 Å². The fourth-order valence-corrected chi connectivity index (χ4v) is 7.73. The van der Waals surface area contributed by atoms with Crippen LogP contribution in [0.25, 0.3) is 0 Å². The molecule has 72 heavy (non-hydrogen) atoms. The van der Waals surface area contributed by atoms with E-state index in [-0.39, 0.29) is 115 Å². The van der Waals surface area contributed by atoms with E-state index in [2.05, 4.69) is 21.3 Å². The monoisotopic (exact) mass is 1000 g/mol. The van der Waals surface area contributed by atoms with E-state index in [4.69, 9.17) is 5.73 Å². The molecule has 3 aliphatic rings. The highest BCUT2D eigenvalue weighted by molar-refractivity contribution is 5.98. The predicted molar refractivity (Wildman–Crippen MR) is 252 cm³/mol. The third-order valence-corrected chi connectivity index (χ3v) is 11.8. The molecule has 0 radical (unpaired) electrons. The van der Waals surface area contributed by atoms with Crippen molar-refractivity contribution in [3.05, 3.63) is 135 Å². The normalized spacial score (nSPS) is 16.1. The van der Waals surface area contributed by atoms with Crippen LogP contribution in [-0.4, -0.2) is 149 Å². The van der Waals surface area contributed by atoms with Gasteiger partial charge in [0.2, 0.25) is 0 Å². The van der Waals surface area contributed by atoms with Crippen molar-refractivity contribution in [3.63, 3.8) is 0 Å². The first-order valence-electron chi connectivity index (χ1n) is 23.1. The van der Waals surface area contributed by atoms with Crippen molar-refractivity contribution in [2.75, 3.05) is 52.4 Å². The Morgan fingerprint density at radius 3 is 1.56 bits per heavy atom. The minimum absolute atomic E-state index is 0.0146. The SMILES string of the molecule is CCc1ccc(C(=O)N2CCCCN(C(=O)c3ccc(C(C)=O)n(O)c3=O)CCCNC(=O)c3ccc(n(O)c3=O)C(=O)NCC(CCCCN)NC(=O)c3ccc(c(=O)n3O)C(=O)NCCC2)c(=O)n1O. The van der Waals surface area contributed by atoms with E-state index in [1.54, 1.807) is 6.92 Å². The number of rotatable bonds is 8. The average molecular weight is 1000 g/mol. The van der Waals surface area contributed by atoms with Crippen molar-refractivity contribution in [2.45, 2.75) is 71.3 Å². The van der Waals surface area contributed by atoms with Crippen LogP contribution in [0.4, 0.5) is 0 Å². The van der Waals surface area contributed by atoms with Crippen molar-refractivity contribution in [3.8, 4) is 0 Å². The number of Topliss-reactive ketones (excluding diaryl/α,β-unsaturated/α-hetero) is 1. The maximum absolute atomic E-state index is 13.9. The molecule has 1 unspecified atom stereocenters. The Hall–Kier alpha value is -8.55. The van der Waals surface area contributed by atoms with Crippen LogP contribution >= 0.6 is 0 Å². The first kappa shape index (κ1) is 54.4. The van der Waals surface area contributed by atoms with Gasteiger partial charge in [-0.3, -0.25) is 52.7 Å². The van der Waals surface area contributed by atoms with Gasteiger partial charge in [0, 0.05) is 58.8 Å². The third kappa shape index (κ3) is 12.8. The molecule has 4 aromatic heterocycles. The van der Waals surface area contributed by atoms with Crippen LogP contribution in [0.3, 0.4) is 0 Å². The number of aromatic nitrogens is 4. The zero-order valence-electron chi connectivity index (χ0n) is 39.6. The van der Waals surface area contributed by atoms with Crippen molar-refractivity contribution in [1.29, 1.82) is 0 Å². The number of hydrogen-bond donors (Lipinski definition) is 9. The molecule has 26 nitrogen and oxygen atoms in total. The van der Waals surface area contributed by atoms with Crippen LogP contribution in [0.15, 0.2) is 67.7 Å². The Kier molecular flexibility index (Phi) is 18.8. The number of aryl methyl sites for hydroxylation is 1. The van der Waals surface area contributed by atoms with Gasteiger partial charge in [0.25, 0.3) is 57.7 Å². The lowest BCUT2D eigenvalue weighted by atomic mass is 10.1. The number of unbranched alkanes of at least 4 members (excludes halogenated alkanes) is 1. The molecule has 26 heteroatoms. The van der Waals surface area contributed by atoms with E-state index in [9.17, 15) is 73.6 Å². The van der Waals surface area contributed by atoms with Gasteiger partial charge in [0.15, 0.2) is 5.78 Å². The third-order valence-electron chi connectivity index (χ3n) is 11.8. The average Bonchev–Trinajstić information content (AvgIpc) is 3.35. The van der Waals surface area contributed by atoms with Gasteiger partial charge in [-0.15, -0.1) is 14.2 Å². The number of nitrogens with zero attached hydrogens (tertiary/aromatic N) is 6. The molecule has 0 saturated heterocycles. The van der Waals surface area contributed by atoms with Crippen LogP contribution in [0, 0.1) is 0 Å². The summed E-state index contributed by atoms with van der Waals surface area (Å²) in [6, 6.07) is 8.00. The van der Waals surface area contributed by atoms with E-state index in [1.807, 2.05) is 0 Å². The van der Waals surface area contributed by atoms with Crippen molar-refractivity contribution in [2.24, 2.45) is 5.73 Å². The molecule has 3 aliphatic heterocycles. The maximum Gasteiger partial charge on any atom is 0.296 e. The summed E-state index contributed by atoms with van der Waals surface area (Å²) >= 11 is 0. The van der Waals surface area contributed by atoms with Crippen LogP contribution in [-0.2, 0) is 6.42 Å². The summed E-state index contributed by atoms with van der Waals surface area (Å²) in [6.45, 7) is 2.10. The summed E-state index contributed by atoms with van der Waals surface area (Å²) in [7, 11) is 0. The lowest BCUT2D eigenvalue weighted by molar-refractivity contribution is 0.0709. The van der Waals surface area contributed by atoms with Crippen LogP contribution < -0.4 is 49.2 Å². The Labute approximate surface area is 409 Å². The lowest BCUT2D eigenvalue weighted by Gasteiger charge is -2.25. The fourth-order valence-electron chi connectivity index (χ4n) is 7.73. The van der Waals surface area contributed by atoms with Crippen LogP contribution in [0.5, 0.6) is 0 Å². The number of nitrogens with one attached hydrogen (secondary N) is 4. The molecule has 7 rings (SSSR count). The molecule has 7 heterocycles. The second kappa shape index (κ2) is 24.8. The van der Waals surface area contributed by atoms with Gasteiger partial charge in [-0.25, -0.2) is 0 Å². The number of pyridine rings is 4. The zero-order chi connectivity index (χ0) is 52.8. The number of hydrogen-bond acceptors (Lipinski definition) is 16. The minimum atomic E-state index is -1.27. The maximum atomic E-state index is 13.9. The molecule has 6 amide bonds. The second-order valence-electron chi connectivity index (χ2n) is 16.7. The Bertz CT molecular complexity index is 2980. The van der Waals surface area contributed by atoms with Crippen molar-refractivity contribution < 1.29 is 54.4 Å². The molecular formula is C46H57N11O15. The summed E-state index contributed by atoms with van der Waals surface area (Å²) in [4.78, 5) is 148. The zero-order valence-corrected chi connectivity index (χ0v) is 39.6. The van der Waals surface area contributed by atoms with Crippen LogP contribution in [0.2, 0.25) is 0 Å². The highest BCUT2D eigenvalue weighted by atomic mass is 16.5. The molecule has 0 aliphatic carbocycles. The van der Waals surface area contributed by atoms with Gasteiger partial charge in [-0.1, -0.05) is 13.3 Å². The summed E-state index contributed by atoms with van der Waals surface area (Å²) in [6.07, 6.45) is 1.81. The second-order valence-corrected chi connectivity index (χ2v) is 16.7. The summed E-state index contributed by atoms with van der Waals surface area (Å²) in [5.74, 6) is -6.19. The van der Waals surface area contributed by atoms with Gasteiger partial charge in [0.05, 0.1) is 5.69 Å². The Morgan fingerprint density at radius 1 is 0.569 bits per heavy atom. The summed E-state index contributed by atoms with van der Waals surface area (Å²) in [5, 5.41) is 52.4. The van der Waals surface area contributed by atoms with Gasteiger partial charge in [0.1, 0.15) is 39.3 Å². The van der Waals surface area contributed by atoms with Crippen LogP contribution in [0.1, 0.15) is 137 Å². The number of ketones is 1. The van der Waals surface area contributed by atoms with Gasteiger partial charge >= 0.3 is 0 Å².